The van der Waals surface area contributed by atoms with E-state index in [0.717, 1.165) is 10.8 Å². The van der Waals surface area contributed by atoms with Gasteiger partial charge in [-0.25, -0.2) is 4.79 Å². The lowest BCUT2D eigenvalue weighted by Gasteiger charge is -2.15. The number of amides is 2. The number of fused-ring (bicyclic) bond motifs is 1. The molecule has 0 aromatic heterocycles. The minimum atomic E-state index is -0.971. The van der Waals surface area contributed by atoms with E-state index in [1.54, 1.807) is 18.2 Å². The molecule has 0 fully saturated rings. The molecule has 2 N–H and O–H groups in total. The van der Waals surface area contributed by atoms with Crippen molar-refractivity contribution < 1.29 is 19.1 Å². The first-order valence-electron chi connectivity index (χ1n) is 8.81. The van der Waals surface area contributed by atoms with Crippen LogP contribution >= 0.6 is 0 Å². The fraction of sp³-hybridized carbons (Fsp3) is 0.136. The van der Waals surface area contributed by atoms with Crippen LogP contribution < -0.4 is 10.6 Å². The summed E-state index contributed by atoms with van der Waals surface area (Å²) in [7, 11) is 0. The average Bonchev–Trinajstić information content (AvgIpc) is 2.68. The number of carbonyl (C=O) groups excluding carboxylic acids is 3. The average molecular weight is 376 g/mol. The van der Waals surface area contributed by atoms with Crippen molar-refractivity contribution in [2.24, 2.45) is 0 Å². The highest BCUT2D eigenvalue weighted by Crippen LogP contribution is 2.23. The van der Waals surface area contributed by atoms with Gasteiger partial charge < -0.3 is 15.4 Å². The number of esters is 1. The molecule has 0 radical (unpaired) electrons. The molecule has 142 valence electrons. The van der Waals surface area contributed by atoms with Crippen LogP contribution in [0, 0.1) is 0 Å². The summed E-state index contributed by atoms with van der Waals surface area (Å²) in [4.78, 5) is 35.8. The van der Waals surface area contributed by atoms with Crippen LogP contribution in [0.2, 0.25) is 0 Å². The standard InChI is InChI=1S/C22H20N2O4/c1-14(28-22(27)17-10-12-18(13-11-17)23-15(2)25)21(26)24-20-9-5-7-16-6-3-4-8-19(16)20/h3-14H,1-2H3,(H,23,25)(H,24,26). The molecule has 0 bridgehead atoms. The molecule has 3 rings (SSSR count). The number of nitrogens with one attached hydrogen (secondary N) is 2. The second kappa shape index (κ2) is 8.35. The van der Waals surface area contributed by atoms with Crippen LogP contribution in [0.1, 0.15) is 24.2 Å². The Kier molecular flexibility index (Phi) is 5.69. The molecular formula is C22H20N2O4. The molecule has 3 aromatic carbocycles. The molecule has 0 aliphatic carbocycles. The first kappa shape index (κ1) is 19.1. The Morgan fingerprint density at radius 3 is 2.25 bits per heavy atom. The molecular weight excluding hydrogens is 356 g/mol. The molecule has 3 aromatic rings. The number of ether oxygens (including phenoxy) is 1. The van der Waals surface area contributed by atoms with Gasteiger partial charge in [0.25, 0.3) is 5.91 Å². The van der Waals surface area contributed by atoms with Crippen LogP contribution in [-0.2, 0) is 14.3 Å². The highest BCUT2D eigenvalue weighted by atomic mass is 16.5. The molecule has 6 nitrogen and oxygen atoms in total. The lowest BCUT2D eigenvalue weighted by atomic mass is 10.1. The molecule has 2 amide bonds. The summed E-state index contributed by atoms with van der Waals surface area (Å²) >= 11 is 0. The zero-order valence-electron chi connectivity index (χ0n) is 15.6. The third-order valence-electron chi connectivity index (χ3n) is 4.14. The number of benzene rings is 3. The van der Waals surface area contributed by atoms with Gasteiger partial charge in [0.1, 0.15) is 0 Å². The Morgan fingerprint density at radius 2 is 1.54 bits per heavy atom. The van der Waals surface area contributed by atoms with Gasteiger partial charge in [0.2, 0.25) is 5.91 Å². The van der Waals surface area contributed by atoms with Crippen LogP contribution in [0.4, 0.5) is 11.4 Å². The second-order valence-corrected chi connectivity index (χ2v) is 6.32. The molecule has 0 saturated heterocycles. The molecule has 0 saturated carbocycles. The molecule has 28 heavy (non-hydrogen) atoms. The number of hydrogen-bond donors (Lipinski definition) is 2. The van der Waals surface area contributed by atoms with Gasteiger partial charge in [0, 0.05) is 23.7 Å². The van der Waals surface area contributed by atoms with Gasteiger partial charge in [-0.15, -0.1) is 0 Å². The normalized spacial score (nSPS) is 11.5. The van der Waals surface area contributed by atoms with E-state index >= 15 is 0 Å². The minimum absolute atomic E-state index is 0.200. The molecule has 1 atom stereocenters. The van der Waals surface area contributed by atoms with Crippen molar-refractivity contribution >= 4 is 39.9 Å². The third kappa shape index (κ3) is 4.54. The van der Waals surface area contributed by atoms with E-state index in [1.165, 1.54) is 26.0 Å². The minimum Gasteiger partial charge on any atom is -0.449 e. The van der Waals surface area contributed by atoms with Crippen molar-refractivity contribution in [2.75, 3.05) is 10.6 Å². The quantitative estimate of drug-likeness (QED) is 0.660. The van der Waals surface area contributed by atoms with Crippen molar-refractivity contribution in [1.29, 1.82) is 0 Å². The summed E-state index contributed by atoms with van der Waals surface area (Å²) in [5, 5.41) is 7.34. The summed E-state index contributed by atoms with van der Waals surface area (Å²) in [6.45, 7) is 2.92. The molecule has 6 heteroatoms. The van der Waals surface area contributed by atoms with Gasteiger partial charge in [-0.05, 0) is 42.6 Å². The van der Waals surface area contributed by atoms with Crippen LogP contribution in [0.25, 0.3) is 10.8 Å². The zero-order valence-corrected chi connectivity index (χ0v) is 15.6. The topological polar surface area (TPSA) is 84.5 Å². The van der Waals surface area contributed by atoms with E-state index in [-0.39, 0.29) is 5.91 Å². The van der Waals surface area contributed by atoms with E-state index in [4.69, 9.17) is 4.74 Å². The van der Waals surface area contributed by atoms with Gasteiger partial charge in [-0.1, -0.05) is 36.4 Å². The van der Waals surface area contributed by atoms with E-state index in [9.17, 15) is 14.4 Å². The first-order valence-corrected chi connectivity index (χ1v) is 8.81. The van der Waals surface area contributed by atoms with E-state index < -0.39 is 18.0 Å². The second-order valence-electron chi connectivity index (χ2n) is 6.32. The smallest absolute Gasteiger partial charge is 0.338 e. The maximum Gasteiger partial charge on any atom is 0.338 e. The Hall–Kier alpha value is -3.67. The summed E-state index contributed by atoms with van der Waals surface area (Å²) in [5.74, 6) is -1.23. The lowest BCUT2D eigenvalue weighted by Crippen LogP contribution is -2.30. The Balaban J connectivity index is 1.65. The number of hydrogen-bond acceptors (Lipinski definition) is 4. The molecule has 0 aliphatic rings. The van der Waals surface area contributed by atoms with Crippen LogP contribution in [0.3, 0.4) is 0 Å². The summed E-state index contributed by atoms with van der Waals surface area (Å²) in [6.07, 6.45) is -0.971. The Morgan fingerprint density at radius 1 is 0.857 bits per heavy atom. The van der Waals surface area contributed by atoms with Crippen molar-refractivity contribution in [3.63, 3.8) is 0 Å². The lowest BCUT2D eigenvalue weighted by molar-refractivity contribution is -0.123. The van der Waals surface area contributed by atoms with Crippen LogP contribution in [-0.4, -0.2) is 23.9 Å². The van der Waals surface area contributed by atoms with E-state index in [2.05, 4.69) is 10.6 Å². The van der Waals surface area contributed by atoms with Gasteiger partial charge in [0.05, 0.1) is 5.56 Å². The fourth-order valence-corrected chi connectivity index (χ4v) is 2.74. The fourth-order valence-electron chi connectivity index (χ4n) is 2.74. The highest BCUT2D eigenvalue weighted by molar-refractivity contribution is 6.04. The van der Waals surface area contributed by atoms with E-state index in [1.807, 2.05) is 36.4 Å². The van der Waals surface area contributed by atoms with Crippen molar-refractivity contribution in [3.05, 3.63) is 72.3 Å². The van der Waals surface area contributed by atoms with Gasteiger partial charge >= 0.3 is 5.97 Å². The van der Waals surface area contributed by atoms with Crippen LogP contribution in [0.15, 0.2) is 66.7 Å². The van der Waals surface area contributed by atoms with Crippen molar-refractivity contribution in [2.45, 2.75) is 20.0 Å². The first-order chi connectivity index (χ1) is 13.4. The molecule has 0 heterocycles. The Bertz CT molecular complexity index is 1020. The number of anilines is 2. The summed E-state index contributed by atoms with van der Waals surface area (Å²) < 4.78 is 5.27. The van der Waals surface area contributed by atoms with E-state index in [0.29, 0.717) is 16.9 Å². The molecule has 0 aliphatic heterocycles. The molecule has 0 spiro atoms. The predicted molar refractivity (Wildman–Crippen MR) is 108 cm³/mol. The van der Waals surface area contributed by atoms with Gasteiger partial charge in [0.15, 0.2) is 6.10 Å². The third-order valence-corrected chi connectivity index (χ3v) is 4.14. The largest absolute Gasteiger partial charge is 0.449 e. The predicted octanol–water partition coefficient (Wildman–Crippen LogP) is 3.98. The van der Waals surface area contributed by atoms with Crippen molar-refractivity contribution in [3.8, 4) is 0 Å². The van der Waals surface area contributed by atoms with Crippen molar-refractivity contribution in [1.82, 2.24) is 0 Å². The van der Waals surface area contributed by atoms with Crippen LogP contribution in [0.5, 0.6) is 0 Å². The number of rotatable bonds is 5. The van der Waals surface area contributed by atoms with Gasteiger partial charge in [-0.2, -0.15) is 0 Å². The Labute approximate surface area is 162 Å². The SMILES string of the molecule is CC(=O)Nc1ccc(C(=O)OC(C)C(=O)Nc2cccc3ccccc23)cc1. The highest BCUT2D eigenvalue weighted by Gasteiger charge is 2.19. The maximum atomic E-state index is 12.5. The summed E-state index contributed by atoms with van der Waals surface area (Å²) in [5.41, 5.74) is 1.52. The summed E-state index contributed by atoms with van der Waals surface area (Å²) in [6, 6.07) is 19.6. The monoisotopic (exact) mass is 376 g/mol. The molecule has 1 unspecified atom stereocenters. The maximum absolute atomic E-state index is 12.5. The zero-order chi connectivity index (χ0) is 20.1. The number of carbonyl (C=O) groups is 3. The van der Waals surface area contributed by atoms with Gasteiger partial charge in [-0.3, -0.25) is 9.59 Å².